The van der Waals surface area contributed by atoms with Crippen LogP contribution in [0.25, 0.3) is 0 Å². The first-order valence-corrected chi connectivity index (χ1v) is 4.51. The maximum atomic E-state index is 11.0. The average Bonchev–Trinajstić information content (AvgIpc) is 2.55. The quantitative estimate of drug-likeness (QED) is 0.769. The number of amides is 1. The predicted octanol–water partition coefficient (Wildman–Crippen LogP) is 0.629. The van der Waals surface area contributed by atoms with Crippen molar-refractivity contribution < 1.29 is 4.79 Å². The van der Waals surface area contributed by atoms with Gasteiger partial charge in [-0.05, 0) is 18.5 Å². The molecular formula is C7H8N4OS. The summed E-state index contributed by atoms with van der Waals surface area (Å²) in [4.78, 5) is 11.0. The number of hydrogen-bond acceptors (Lipinski definition) is 5. The lowest BCUT2D eigenvalue weighted by molar-refractivity contribution is -0.120. The Kier molecular flexibility index (Phi) is 3.34. The second-order valence-corrected chi connectivity index (χ2v) is 3.06. The summed E-state index contributed by atoms with van der Waals surface area (Å²) in [6.45, 7) is 1.80. The predicted molar refractivity (Wildman–Crippen MR) is 46.7 cm³/mol. The van der Waals surface area contributed by atoms with Gasteiger partial charge in [-0.25, -0.2) is 0 Å². The third-order valence-corrected chi connectivity index (χ3v) is 1.96. The Morgan fingerprint density at radius 2 is 2.69 bits per heavy atom. The van der Waals surface area contributed by atoms with Crippen molar-refractivity contribution in [2.24, 2.45) is 0 Å². The molecule has 1 N–H and O–H groups in total. The SMILES string of the molecule is CC(NC(=O)CC#N)c1csnn1. The van der Waals surface area contributed by atoms with Gasteiger partial charge in [0.05, 0.1) is 17.8 Å². The summed E-state index contributed by atoms with van der Waals surface area (Å²) in [5.74, 6) is -0.289. The van der Waals surface area contributed by atoms with Gasteiger partial charge in [0.25, 0.3) is 0 Å². The number of carbonyl (C=O) groups excluding carboxylic acids is 1. The Bertz CT molecular complexity index is 316. The Labute approximate surface area is 79.5 Å². The molecule has 68 valence electrons. The summed E-state index contributed by atoms with van der Waals surface area (Å²) in [6, 6.07) is 1.59. The molecule has 0 radical (unpaired) electrons. The molecule has 0 aliphatic rings. The van der Waals surface area contributed by atoms with Gasteiger partial charge in [-0.1, -0.05) is 4.49 Å². The zero-order chi connectivity index (χ0) is 9.68. The molecule has 0 fully saturated rings. The van der Waals surface area contributed by atoms with Crippen LogP contribution in [-0.4, -0.2) is 15.5 Å². The van der Waals surface area contributed by atoms with Gasteiger partial charge in [-0.2, -0.15) is 5.26 Å². The van der Waals surface area contributed by atoms with Crippen LogP contribution in [0.3, 0.4) is 0 Å². The Hall–Kier alpha value is -1.48. The molecule has 1 unspecified atom stereocenters. The van der Waals surface area contributed by atoms with Gasteiger partial charge in [0, 0.05) is 5.38 Å². The lowest BCUT2D eigenvalue weighted by Gasteiger charge is -2.08. The van der Waals surface area contributed by atoms with Crippen LogP contribution in [0.15, 0.2) is 5.38 Å². The number of rotatable bonds is 3. The first kappa shape index (κ1) is 9.61. The molecule has 0 aromatic carbocycles. The summed E-state index contributed by atoms with van der Waals surface area (Å²) >= 11 is 1.23. The monoisotopic (exact) mass is 196 g/mol. The molecule has 1 amide bonds. The molecule has 6 heteroatoms. The van der Waals surface area contributed by atoms with E-state index in [1.54, 1.807) is 18.4 Å². The molecule has 0 spiro atoms. The van der Waals surface area contributed by atoms with Crippen molar-refractivity contribution in [1.29, 1.82) is 5.26 Å². The van der Waals surface area contributed by atoms with Gasteiger partial charge >= 0.3 is 0 Å². The summed E-state index contributed by atoms with van der Waals surface area (Å²) in [7, 11) is 0. The lowest BCUT2D eigenvalue weighted by Crippen LogP contribution is -2.26. The van der Waals surface area contributed by atoms with E-state index in [1.165, 1.54) is 11.5 Å². The van der Waals surface area contributed by atoms with Crippen LogP contribution in [0.5, 0.6) is 0 Å². The minimum absolute atomic E-state index is 0.123. The van der Waals surface area contributed by atoms with Crippen molar-refractivity contribution in [1.82, 2.24) is 14.9 Å². The van der Waals surface area contributed by atoms with Crippen molar-refractivity contribution in [2.75, 3.05) is 0 Å². The molecule has 1 atom stereocenters. The van der Waals surface area contributed by atoms with Crippen LogP contribution < -0.4 is 5.32 Å². The van der Waals surface area contributed by atoms with Crippen molar-refractivity contribution in [3.8, 4) is 6.07 Å². The second-order valence-electron chi connectivity index (χ2n) is 2.45. The van der Waals surface area contributed by atoms with Gasteiger partial charge < -0.3 is 5.32 Å². The van der Waals surface area contributed by atoms with Crippen LogP contribution in [0.2, 0.25) is 0 Å². The number of carbonyl (C=O) groups is 1. The van der Waals surface area contributed by atoms with E-state index in [1.807, 2.05) is 0 Å². The van der Waals surface area contributed by atoms with E-state index in [0.29, 0.717) is 0 Å². The van der Waals surface area contributed by atoms with E-state index in [2.05, 4.69) is 14.9 Å². The highest BCUT2D eigenvalue weighted by Gasteiger charge is 2.10. The molecule has 13 heavy (non-hydrogen) atoms. The molecule has 1 aromatic rings. The average molecular weight is 196 g/mol. The summed E-state index contributed by atoms with van der Waals surface area (Å²) in [5.41, 5.74) is 0.719. The molecular weight excluding hydrogens is 188 g/mol. The van der Waals surface area contributed by atoms with Crippen molar-refractivity contribution in [3.05, 3.63) is 11.1 Å². The highest BCUT2D eigenvalue weighted by molar-refractivity contribution is 7.03. The summed E-state index contributed by atoms with van der Waals surface area (Å²) < 4.78 is 3.67. The van der Waals surface area contributed by atoms with Gasteiger partial charge in [-0.3, -0.25) is 4.79 Å². The highest BCUT2D eigenvalue weighted by Crippen LogP contribution is 2.09. The van der Waals surface area contributed by atoms with Crippen LogP contribution in [-0.2, 0) is 4.79 Å². The van der Waals surface area contributed by atoms with Gasteiger partial charge in [0.2, 0.25) is 5.91 Å². The van der Waals surface area contributed by atoms with Gasteiger partial charge in [0.15, 0.2) is 0 Å². The minimum Gasteiger partial charge on any atom is -0.347 e. The highest BCUT2D eigenvalue weighted by atomic mass is 32.1. The fourth-order valence-electron chi connectivity index (χ4n) is 0.799. The van der Waals surface area contributed by atoms with Crippen molar-refractivity contribution in [2.45, 2.75) is 19.4 Å². The topological polar surface area (TPSA) is 78.7 Å². The Balaban J connectivity index is 2.47. The number of nitriles is 1. The maximum Gasteiger partial charge on any atom is 0.234 e. The zero-order valence-electron chi connectivity index (χ0n) is 7.02. The smallest absolute Gasteiger partial charge is 0.234 e. The normalized spacial score (nSPS) is 11.7. The van der Waals surface area contributed by atoms with Gasteiger partial charge in [0.1, 0.15) is 6.42 Å². The van der Waals surface area contributed by atoms with E-state index in [9.17, 15) is 4.79 Å². The molecule has 0 aliphatic carbocycles. The van der Waals surface area contributed by atoms with Crippen LogP contribution in [0.4, 0.5) is 0 Å². The maximum absolute atomic E-state index is 11.0. The number of aromatic nitrogens is 2. The molecule has 0 saturated carbocycles. The third-order valence-electron chi connectivity index (χ3n) is 1.44. The van der Waals surface area contributed by atoms with E-state index in [4.69, 9.17) is 5.26 Å². The Morgan fingerprint density at radius 3 is 3.23 bits per heavy atom. The second kappa shape index (κ2) is 4.52. The largest absolute Gasteiger partial charge is 0.347 e. The standard InChI is InChI=1S/C7H8N4OS/c1-5(6-4-13-11-10-6)9-7(12)2-3-8/h4-5H,2H2,1H3,(H,9,12). The van der Waals surface area contributed by atoms with E-state index in [0.717, 1.165) is 5.69 Å². The fraction of sp³-hybridized carbons (Fsp3) is 0.429. The van der Waals surface area contributed by atoms with Crippen LogP contribution >= 0.6 is 11.5 Å². The molecule has 0 bridgehead atoms. The molecule has 1 aromatic heterocycles. The van der Waals surface area contributed by atoms with E-state index < -0.39 is 0 Å². The number of nitrogens with zero attached hydrogens (tertiary/aromatic N) is 3. The summed E-state index contributed by atoms with van der Waals surface area (Å²) in [6.07, 6.45) is -0.123. The number of hydrogen-bond donors (Lipinski definition) is 1. The third kappa shape index (κ3) is 2.80. The first-order valence-electron chi connectivity index (χ1n) is 3.67. The first-order chi connectivity index (χ1) is 6.24. The summed E-state index contributed by atoms with van der Waals surface area (Å²) in [5, 5.41) is 16.4. The van der Waals surface area contributed by atoms with Crippen molar-refractivity contribution in [3.63, 3.8) is 0 Å². The van der Waals surface area contributed by atoms with Crippen LogP contribution in [0.1, 0.15) is 25.1 Å². The van der Waals surface area contributed by atoms with E-state index in [-0.39, 0.29) is 18.4 Å². The van der Waals surface area contributed by atoms with Gasteiger partial charge in [-0.15, -0.1) is 5.10 Å². The number of nitrogens with one attached hydrogen (secondary N) is 1. The molecule has 5 nitrogen and oxygen atoms in total. The lowest BCUT2D eigenvalue weighted by atomic mass is 10.2. The Morgan fingerprint density at radius 1 is 1.92 bits per heavy atom. The minimum atomic E-state index is -0.289. The zero-order valence-corrected chi connectivity index (χ0v) is 7.84. The molecule has 0 aliphatic heterocycles. The molecule has 0 saturated heterocycles. The van der Waals surface area contributed by atoms with E-state index >= 15 is 0 Å². The van der Waals surface area contributed by atoms with Crippen molar-refractivity contribution >= 4 is 17.4 Å². The molecule has 1 heterocycles. The van der Waals surface area contributed by atoms with Crippen LogP contribution in [0, 0.1) is 11.3 Å². The molecule has 1 rings (SSSR count). The fourth-order valence-corrected chi connectivity index (χ4v) is 1.35.